The number of esters is 1. The number of aliphatic hydroxyl groups excluding tert-OH is 1. The summed E-state index contributed by atoms with van der Waals surface area (Å²) in [5.74, 6) is -26.8. The zero-order valence-corrected chi connectivity index (χ0v) is 48.3. The van der Waals surface area contributed by atoms with E-state index in [1.807, 2.05) is 42.5 Å². The molecule has 6 aromatic rings. The Morgan fingerprint density at radius 2 is 0.956 bits per heavy atom. The third-order valence-electron chi connectivity index (χ3n) is 14.4. The molecule has 0 bridgehead atoms. The second-order valence-electron chi connectivity index (χ2n) is 21.9. The van der Waals surface area contributed by atoms with Gasteiger partial charge in [-0.1, -0.05) is 72.8 Å². The van der Waals surface area contributed by atoms with E-state index in [9.17, 15) is 88.5 Å². The Labute approximate surface area is 507 Å². The van der Waals surface area contributed by atoms with Crippen molar-refractivity contribution in [1.29, 1.82) is 0 Å². The second-order valence-corrected chi connectivity index (χ2v) is 21.9. The number of nitrogens with zero attached hydrogens (tertiary/aromatic N) is 2. The monoisotopic (exact) mass is 1260 g/mol. The van der Waals surface area contributed by atoms with Gasteiger partial charge in [0.1, 0.15) is 31.0 Å². The molecule has 0 radical (unpaired) electrons. The van der Waals surface area contributed by atoms with E-state index in [1.165, 1.54) is 9.80 Å². The fraction of sp³-hybridized carbons (Fsp3) is 0.339. The number of fused-ring (bicyclic) bond motifs is 2. The molecule has 0 aromatic heterocycles. The van der Waals surface area contributed by atoms with Gasteiger partial charge in [0, 0.05) is 72.3 Å². The molecule has 6 N–H and O–H groups in total. The van der Waals surface area contributed by atoms with Crippen LogP contribution in [0, 0.1) is 58.4 Å². The molecule has 90 heavy (non-hydrogen) atoms. The third-order valence-corrected chi connectivity index (χ3v) is 14.4. The van der Waals surface area contributed by atoms with Gasteiger partial charge in [-0.25, -0.2) is 17.6 Å². The molecule has 0 spiro atoms. The summed E-state index contributed by atoms with van der Waals surface area (Å²) in [6, 6.07) is 22.1. The number of halogens is 8. The van der Waals surface area contributed by atoms with Crippen molar-refractivity contribution in [3.8, 4) is 11.5 Å². The largest absolute Gasteiger partial charge is 0.485 e. The Morgan fingerprint density at radius 1 is 0.556 bits per heavy atom. The van der Waals surface area contributed by atoms with Gasteiger partial charge >= 0.3 is 35.6 Å². The lowest BCUT2D eigenvalue weighted by atomic mass is 9.94. The molecular formula is C62H60F8N6O14. The number of ketones is 1. The van der Waals surface area contributed by atoms with Crippen LogP contribution in [0.1, 0.15) is 59.3 Å². The molecule has 2 heterocycles. The highest BCUT2D eigenvalue weighted by Crippen LogP contribution is 2.30. The number of hydrogen-bond acceptors (Lipinski definition) is 13. The van der Waals surface area contributed by atoms with Crippen molar-refractivity contribution in [2.24, 2.45) is 11.8 Å². The number of anilines is 2. The summed E-state index contributed by atoms with van der Waals surface area (Å²) in [4.78, 5) is 117. The molecule has 1 unspecified atom stereocenters. The van der Waals surface area contributed by atoms with Gasteiger partial charge in [0.15, 0.2) is 40.6 Å². The maximum atomic E-state index is 14.0. The molecule has 8 rings (SSSR count). The summed E-state index contributed by atoms with van der Waals surface area (Å²) >= 11 is 0. The van der Waals surface area contributed by atoms with Crippen molar-refractivity contribution in [3.63, 3.8) is 0 Å². The summed E-state index contributed by atoms with van der Waals surface area (Å²) in [5.41, 5.74) is -0.0189. The van der Waals surface area contributed by atoms with Crippen LogP contribution in [-0.2, 0) is 47.9 Å². The molecule has 3 atom stereocenters. The number of carboxylic acid groups (broad SMARTS) is 1. The number of amides is 6. The molecule has 0 aliphatic carbocycles. The van der Waals surface area contributed by atoms with Crippen molar-refractivity contribution in [2.75, 3.05) is 50.0 Å². The number of aliphatic carboxylic acids is 1. The number of rotatable bonds is 18. The smallest absolute Gasteiger partial charge is 0.313 e. The average molecular weight is 1270 g/mol. The van der Waals surface area contributed by atoms with E-state index in [2.05, 4.69) is 21.3 Å². The molecule has 6 amide bonds. The summed E-state index contributed by atoms with van der Waals surface area (Å²) in [6.07, 6.45) is -2.88. The van der Waals surface area contributed by atoms with E-state index in [0.29, 0.717) is 11.4 Å². The van der Waals surface area contributed by atoms with Gasteiger partial charge in [0.05, 0.1) is 18.9 Å². The minimum atomic E-state index is -1.86. The predicted octanol–water partition coefficient (Wildman–Crippen LogP) is 7.41. The van der Waals surface area contributed by atoms with E-state index in [-0.39, 0.29) is 64.0 Å². The minimum Gasteiger partial charge on any atom is -0.485 e. The molecule has 2 fully saturated rings. The maximum Gasteiger partial charge on any atom is 0.313 e. The van der Waals surface area contributed by atoms with Gasteiger partial charge in [-0.3, -0.25) is 43.2 Å². The number of benzene rings is 6. The van der Waals surface area contributed by atoms with E-state index >= 15 is 0 Å². The molecule has 2 aliphatic heterocycles. The highest BCUT2D eigenvalue weighted by molar-refractivity contribution is 6.40. The second kappa shape index (κ2) is 30.0. The van der Waals surface area contributed by atoms with Crippen molar-refractivity contribution in [1.82, 2.24) is 20.4 Å². The molecule has 478 valence electrons. The summed E-state index contributed by atoms with van der Waals surface area (Å²) < 4.78 is 124. The van der Waals surface area contributed by atoms with Gasteiger partial charge < -0.3 is 55.5 Å². The number of piperidine rings is 2. The number of likely N-dealkylation sites (tertiary alicyclic amines) is 2. The number of carbonyl (C=O) groups excluding carboxylic acids is 8. The normalized spacial score (nSPS) is 14.7. The van der Waals surface area contributed by atoms with Crippen LogP contribution in [0.4, 0.5) is 46.5 Å². The Hall–Kier alpha value is -9.73. The van der Waals surface area contributed by atoms with E-state index in [0.717, 1.165) is 21.5 Å². The Morgan fingerprint density at radius 3 is 1.38 bits per heavy atom. The topological polar surface area (TPSA) is 276 Å². The van der Waals surface area contributed by atoms with E-state index in [4.69, 9.17) is 14.2 Å². The van der Waals surface area contributed by atoms with Gasteiger partial charge in [-0.15, -0.1) is 0 Å². The average Bonchev–Trinajstić information content (AvgIpc) is 1.46. The first-order valence-electron chi connectivity index (χ1n) is 27.9. The number of carbonyl (C=O) groups is 9. The molecule has 2 aliphatic rings. The van der Waals surface area contributed by atoms with Crippen LogP contribution in [0.5, 0.6) is 11.5 Å². The van der Waals surface area contributed by atoms with Gasteiger partial charge in [-0.05, 0) is 69.4 Å². The van der Waals surface area contributed by atoms with Crippen molar-refractivity contribution < 1.29 is 103 Å². The fourth-order valence-electron chi connectivity index (χ4n) is 9.74. The number of Topliss-reactive ketones (excluding diaryl/α,β-unsaturated/α-hetero) is 1. The van der Waals surface area contributed by atoms with Crippen LogP contribution in [0.15, 0.2) is 97.1 Å². The lowest BCUT2D eigenvalue weighted by Gasteiger charge is -2.32. The third kappa shape index (κ3) is 17.5. The Kier molecular flexibility index (Phi) is 22.6. The summed E-state index contributed by atoms with van der Waals surface area (Å²) in [5, 5.41) is 32.9. The lowest BCUT2D eigenvalue weighted by molar-refractivity contribution is -0.156. The zero-order valence-electron chi connectivity index (χ0n) is 48.3. The first-order chi connectivity index (χ1) is 42.6. The minimum absolute atomic E-state index is 0.0266. The molecule has 2 saturated heterocycles. The highest BCUT2D eigenvalue weighted by Gasteiger charge is 2.37. The number of carboxylic acids is 1. The first kappa shape index (κ1) is 67.8. The standard InChI is InChI=1S/C33H33F4N3O7.C29H27F4N3O7/c1-33(2,3)47-26(42)16-24(25(41)17-46-29-27(36)21(34)15-22(35)28(29)37)39-30(43)19-11-13-40(14-12-19)32(45)31(44)38-23-10-6-8-18-7-4-5-9-20(18)23;30-18-12-19(31)25(33)26(24(18)32)43-14-22(37)21(13-23(38)39)35-27(40)16-8-10-36(11-9-16)29(42)28(41)34-20-7-3-5-15-4-1-2-6-17(15)20/h4-10,15,19,24H,11-14,16-17H2,1-3H3,(H,38,44)(H,39,43);1-7,12,16,21-22,37H,8-11,13-14H2,(H,34,41)(H,35,40)(H,38,39)/t24-;21-,22?/m00/s1. The van der Waals surface area contributed by atoms with E-state index < -0.39 is 173 Å². The van der Waals surface area contributed by atoms with Gasteiger partial charge in [-0.2, -0.15) is 17.6 Å². The molecule has 28 heteroatoms. The number of hydrogen-bond donors (Lipinski definition) is 6. The van der Waals surface area contributed by atoms with Crippen molar-refractivity contribution >= 4 is 86.1 Å². The Balaban J connectivity index is 0.000000257. The summed E-state index contributed by atoms with van der Waals surface area (Å²) in [7, 11) is 0. The summed E-state index contributed by atoms with van der Waals surface area (Å²) in [6.45, 7) is 2.73. The van der Waals surface area contributed by atoms with Crippen molar-refractivity contribution in [2.45, 2.75) is 83.1 Å². The van der Waals surface area contributed by atoms with Crippen molar-refractivity contribution in [3.05, 3.63) is 144 Å². The maximum absolute atomic E-state index is 14.0. The fourth-order valence-corrected chi connectivity index (χ4v) is 9.74. The number of nitrogens with one attached hydrogen (secondary N) is 4. The number of ether oxygens (including phenoxy) is 3. The quantitative estimate of drug-likeness (QED) is 0.0212. The van der Waals surface area contributed by atoms with Crippen LogP contribution in [0.2, 0.25) is 0 Å². The zero-order chi connectivity index (χ0) is 65.7. The first-order valence-corrected chi connectivity index (χ1v) is 27.9. The molecule has 0 saturated carbocycles. The molecule has 6 aromatic carbocycles. The van der Waals surface area contributed by atoms with Gasteiger partial charge in [0.2, 0.25) is 35.1 Å². The van der Waals surface area contributed by atoms with Crippen LogP contribution in [0.25, 0.3) is 21.5 Å². The molecule has 20 nitrogen and oxygen atoms in total. The van der Waals surface area contributed by atoms with Crippen LogP contribution < -0.4 is 30.7 Å². The lowest BCUT2D eigenvalue weighted by Crippen LogP contribution is -2.51. The SMILES string of the molecule is CC(C)(C)OC(=O)C[C@H](NC(=O)C1CCN(C(=O)C(=O)Nc2cccc3ccccc23)CC1)C(=O)COc1c(F)c(F)cc(F)c1F.O=C(O)C[C@H](NC(=O)C1CCN(C(=O)C(=O)Nc2cccc3ccccc23)CC1)C(O)COc1c(F)c(F)cc(F)c1F. The Bertz CT molecular complexity index is 3660. The predicted molar refractivity (Wildman–Crippen MR) is 305 cm³/mol. The van der Waals surface area contributed by atoms with Crippen LogP contribution in [-0.4, -0.2) is 136 Å². The van der Waals surface area contributed by atoms with Crippen LogP contribution >= 0.6 is 0 Å². The number of aliphatic hydroxyl groups is 1. The highest BCUT2D eigenvalue weighted by atomic mass is 19.2. The van der Waals surface area contributed by atoms with Crippen LogP contribution in [0.3, 0.4) is 0 Å². The van der Waals surface area contributed by atoms with Gasteiger partial charge in [0.25, 0.3) is 0 Å². The van der Waals surface area contributed by atoms with E-state index in [1.54, 1.807) is 63.2 Å². The molecular weight excluding hydrogens is 1200 g/mol.